The Morgan fingerprint density at radius 2 is 1.73 bits per heavy atom. The van der Waals surface area contributed by atoms with Gasteiger partial charge in [0.1, 0.15) is 12.0 Å². The number of nitrogens with one attached hydrogen (secondary N) is 1. The Morgan fingerprint density at radius 3 is 2.27 bits per heavy atom. The van der Waals surface area contributed by atoms with Gasteiger partial charge in [0.25, 0.3) is 21.8 Å². The molecule has 37 heavy (non-hydrogen) atoms. The molecule has 0 bridgehead atoms. The molecule has 2 amide bonds. The number of hydrogen-bond donors (Lipinski definition) is 2. The second kappa shape index (κ2) is 10.8. The van der Waals surface area contributed by atoms with E-state index in [-0.39, 0.29) is 44.5 Å². The molecule has 1 heterocycles. The van der Waals surface area contributed by atoms with Crippen molar-refractivity contribution >= 4 is 45.3 Å². The highest BCUT2D eigenvalue weighted by Crippen LogP contribution is 2.36. The van der Waals surface area contributed by atoms with Crippen LogP contribution in [-0.2, 0) is 20.2 Å². The first kappa shape index (κ1) is 27.9. The third-order valence-electron chi connectivity index (χ3n) is 5.81. The van der Waals surface area contributed by atoms with Gasteiger partial charge in [-0.2, -0.15) is 0 Å². The van der Waals surface area contributed by atoms with E-state index in [0.29, 0.717) is 5.57 Å². The zero-order chi connectivity index (χ0) is 27.5. The Morgan fingerprint density at radius 1 is 1.11 bits per heavy atom. The van der Waals surface area contributed by atoms with Gasteiger partial charge in [-0.05, 0) is 53.8 Å². The van der Waals surface area contributed by atoms with Gasteiger partial charge in [0, 0.05) is 0 Å². The van der Waals surface area contributed by atoms with Crippen LogP contribution in [0.3, 0.4) is 0 Å². The Labute approximate surface area is 221 Å². The minimum absolute atomic E-state index is 0.0109. The smallest absolute Gasteiger partial charge is 0.264 e. The van der Waals surface area contributed by atoms with Gasteiger partial charge in [-0.1, -0.05) is 55.7 Å². The molecule has 2 N–H and O–H groups in total. The van der Waals surface area contributed by atoms with Crippen LogP contribution in [0.2, 0.25) is 5.02 Å². The molecule has 3 rings (SSSR count). The molecule has 0 fully saturated rings. The molecule has 0 aromatic heterocycles. The first-order valence-corrected chi connectivity index (χ1v) is 13.1. The van der Waals surface area contributed by atoms with Crippen LogP contribution in [0, 0.1) is 0 Å². The molecule has 0 radical (unpaired) electrons. The predicted molar refractivity (Wildman–Crippen MR) is 142 cm³/mol. The molecule has 1 aliphatic rings. The van der Waals surface area contributed by atoms with E-state index in [4.69, 9.17) is 21.5 Å². The van der Waals surface area contributed by atoms with Gasteiger partial charge in [0.05, 0.1) is 40.4 Å². The number of ether oxygens (including phenoxy) is 1. The summed E-state index contributed by atoms with van der Waals surface area (Å²) in [5.41, 5.74) is 1.05. The van der Waals surface area contributed by atoms with Crippen LogP contribution >= 0.6 is 11.6 Å². The number of anilines is 1. The normalized spacial score (nSPS) is 14.9. The van der Waals surface area contributed by atoms with Gasteiger partial charge in [0.2, 0.25) is 0 Å². The molecule has 196 valence electrons. The standard InChI is InChI=1S/C26H28ClN3O6S/c1-6-16(13-18(36-5)14-28-33)15-30-24(31)22-20(27)11-12-21(23(22)25(30)32)29-37(34,35)19-9-7-17(8-10-19)26(2,3)4/h6-14,29,33H,15H2,1-5H3/b16-6+,18-13+,28-14+. The van der Waals surface area contributed by atoms with Crippen LogP contribution in [0.1, 0.15) is 54.0 Å². The van der Waals surface area contributed by atoms with Crippen LogP contribution in [0.4, 0.5) is 5.69 Å². The summed E-state index contributed by atoms with van der Waals surface area (Å²) in [5, 5.41) is 11.7. The number of oxime groups is 1. The average molecular weight is 546 g/mol. The number of fused-ring (bicyclic) bond motifs is 1. The molecular formula is C26H28ClN3O6S. The molecule has 0 unspecified atom stereocenters. The minimum atomic E-state index is -4.07. The lowest BCUT2D eigenvalue weighted by Crippen LogP contribution is -2.31. The summed E-state index contributed by atoms with van der Waals surface area (Å²) in [5.74, 6) is -1.18. The number of halogens is 1. The Kier molecular flexibility index (Phi) is 8.14. The average Bonchev–Trinajstić information content (AvgIpc) is 3.10. The van der Waals surface area contributed by atoms with Crippen molar-refractivity contribution in [2.75, 3.05) is 18.4 Å². The van der Waals surface area contributed by atoms with Gasteiger partial charge in [0.15, 0.2) is 0 Å². The van der Waals surface area contributed by atoms with Crippen LogP contribution in [0.15, 0.2) is 69.9 Å². The van der Waals surface area contributed by atoms with Crippen LogP contribution in [-0.4, -0.2) is 50.2 Å². The topological polar surface area (TPSA) is 125 Å². The predicted octanol–water partition coefficient (Wildman–Crippen LogP) is 4.97. The lowest BCUT2D eigenvalue weighted by atomic mass is 9.87. The maximum absolute atomic E-state index is 13.4. The van der Waals surface area contributed by atoms with Crippen molar-refractivity contribution < 1.29 is 28.0 Å². The highest BCUT2D eigenvalue weighted by Gasteiger charge is 2.40. The Bertz CT molecular complexity index is 1420. The van der Waals surface area contributed by atoms with Gasteiger partial charge in [-0.25, -0.2) is 8.42 Å². The van der Waals surface area contributed by atoms with E-state index in [1.165, 1.54) is 37.5 Å². The second-order valence-electron chi connectivity index (χ2n) is 9.28. The number of sulfonamides is 1. The quantitative estimate of drug-likeness (QED) is 0.120. The molecular weight excluding hydrogens is 518 g/mol. The van der Waals surface area contributed by atoms with E-state index in [2.05, 4.69) is 9.88 Å². The van der Waals surface area contributed by atoms with Crippen molar-refractivity contribution in [1.82, 2.24) is 4.90 Å². The van der Waals surface area contributed by atoms with E-state index in [0.717, 1.165) is 16.7 Å². The van der Waals surface area contributed by atoms with Gasteiger partial charge >= 0.3 is 0 Å². The van der Waals surface area contributed by atoms with Crippen molar-refractivity contribution in [2.45, 2.75) is 38.0 Å². The highest BCUT2D eigenvalue weighted by molar-refractivity contribution is 7.92. The molecule has 0 spiro atoms. The lowest BCUT2D eigenvalue weighted by Gasteiger charge is -2.19. The van der Waals surface area contributed by atoms with E-state index in [1.54, 1.807) is 25.1 Å². The highest BCUT2D eigenvalue weighted by atomic mass is 35.5. The first-order chi connectivity index (χ1) is 17.3. The maximum Gasteiger partial charge on any atom is 0.264 e. The van der Waals surface area contributed by atoms with E-state index in [9.17, 15) is 18.0 Å². The van der Waals surface area contributed by atoms with Gasteiger partial charge in [-0.3, -0.25) is 19.2 Å². The third-order valence-corrected chi connectivity index (χ3v) is 7.50. The van der Waals surface area contributed by atoms with Crippen LogP contribution in [0.5, 0.6) is 0 Å². The fourth-order valence-electron chi connectivity index (χ4n) is 3.73. The number of hydrogen-bond acceptors (Lipinski definition) is 7. The molecule has 0 saturated carbocycles. The Hall–Kier alpha value is -3.63. The summed E-state index contributed by atoms with van der Waals surface area (Å²) in [6.07, 6.45) is 4.21. The summed E-state index contributed by atoms with van der Waals surface area (Å²) in [4.78, 5) is 27.5. The molecule has 9 nitrogen and oxygen atoms in total. The van der Waals surface area contributed by atoms with Crippen molar-refractivity contribution in [3.05, 3.63) is 81.6 Å². The fraction of sp³-hybridized carbons (Fsp3) is 0.269. The SMILES string of the molecule is C\C=C(/C=C(\C=N\O)OC)CN1C(=O)c2c(Cl)ccc(NS(=O)(=O)c3ccc(C(C)(C)C)cc3)c2C1=O. The summed E-state index contributed by atoms with van der Waals surface area (Å²) in [7, 11) is -2.70. The number of imide groups is 1. The molecule has 11 heteroatoms. The summed E-state index contributed by atoms with van der Waals surface area (Å²) in [6, 6.07) is 9.18. The van der Waals surface area contributed by atoms with E-state index in [1.807, 2.05) is 20.8 Å². The molecule has 0 saturated heterocycles. The van der Waals surface area contributed by atoms with Crippen molar-refractivity contribution in [3.8, 4) is 0 Å². The monoisotopic (exact) mass is 545 g/mol. The molecule has 0 atom stereocenters. The fourth-order valence-corrected chi connectivity index (χ4v) is 5.04. The van der Waals surface area contributed by atoms with E-state index < -0.39 is 21.8 Å². The molecule has 2 aromatic carbocycles. The second-order valence-corrected chi connectivity index (χ2v) is 11.4. The summed E-state index contributed by atoms with van der Waals surface area (Å²) >= 11 is 6.27. The molecule has 2 aromatic rings. The zero-order valence-electron chi connectivity index (χ0n) is 21.1. The number of carbonyl (C=O) groups is 2. The lowest BCUT2D eigenvalue weighted by molar-refractivity contribution is 0.0669. The third kappa shape index (κ3) is 5.86. The number of benzene rings is 2. The van der Waals surface area contributed by atoms with Crippen molar-refractivity contribution in [1.29, 1.82) is 0 Å². The van der Waals surface area contributed by atoms with Crippen LogP contribution in [0.25, 0.3) is 0 Å². The zero-order valence-corrected chi connectivity index (χ0v) is 22.6. The summed E-state index contributed by atoms with van der Waals surface area (Å²) in [6.45, 7) is 7.61. The number of rotatable bonds is 8. The van der Waals surface area contributed by atoms with Crippen LogP contribution < -0.4 is 4.72 Å². The number of carbonyl (C=O) groups excluding carboxylic acids is 2. The number of methoxy groups -OCH3 is 1. The van der Waals surface area contributed by atoms with Crippen molar-refractivity contribution in [2.24, 2.45) is 5.16 Å². The van der Waals surface area contributed by atoms with Gasteiger partial charge < -0.3 is 9.94 Å². The summed E-state index contributed by atoms with van der Waals surface area (Å²) < 4.78 is 33.8. The maximum atomic E-state index is 13.4. The van der Waals surface area contributed by atoms with E-state index >= 15 is 0 Å². The van der Waals surface area contributed by atoms with Crippen molar-refractivity contribution in [3.63, 3.8) is 0 Å². The number of amides is 2. The van der Waals surface area contributed by atoms with Gasteiger partial charge in [-0.15, -0.1) is 0 Å². The molecule has 0 aliphatic carbocycles. The Balaban J connectivity index is 1.96. The molecule has 1 aliphatic heterocycles. The number of nitrogens with zero attached hydrogens (tertiary/aromatic N) is 2. The number of allylic oxidation sites excluding steroid dienone is 2. The first-order valence-electron chi connectivity index (χ1n) is 11.2. The largest absolute Gasteiger partial charge is 0.495 e. The minimum Gasteiger partial charge on any atom is -0.495 e.